The number of nitrogens with two attached hydrogens (primary N) is 1. The zero-order valence-electron chi connectivity index (χ0n) is 14.8. The van der Waals surface area contributed by atoms with Crippen molar-refractivity contribution in [2.75, 3.05) is 0 Å². The zero-order valence-corrected chi connectivity index (χ0v) is 14.8. The van der Waals surface area contributed by atoms with E-state index in [4.69, 9.17) is 15.0 Å². The van der Waals surface area contributed by atoms with Crippen LogP contribution in [0.15, 0.2) is 53.2 Å². The number of rotatable bonds is 4. The van der Waals surface area contributed by atoms with Crippen molar-refractivity contribution < 1.29 is 9.26 Å². The second-order valence-electron chi connectivity index (χ2n) is 7.03. The van der Waals surface area contributed by atoms with Gasteiger partial charge < -0.3 is 15.0 Å². The fourth-order valence-corrected chi connectivity index (χ4v) is 3.49. The molecule has 6 nitrogen and oxygen atoms in total. The Hall–Kier alpha value is -2.73. The SMILES string of the molecule is CC1(N)CCCCC1c1nc(-c2cccnc2Oc2ccccc2)no1. The molecule has 0 spiro atoms. The largest absolute Gasteiger partial charge is 0.438 e. The number of hydrogen-bond acceptors (Lipinski definition) is 6. The quantitative estimate of drug-likeness (QED) is 0.755. The topological polar surface area (TPSA) is 87.1 Å². The van der Waals surface area contributed by atoms with Crippen LogP contribution in [0, 0.1) is 0 Å². The normalized spacial score (nSPS) is 22.9. The molecule has 3 aromatic rings. The number of hydrogen-bond donors (Lipinski definition) is 1. The summed E-state index contributed by atoms with van der Waals surface area (Å²) in [5.41, 5.74) is 6.85. The lowest BCUT2D eigenvalue weighted by Gasteiger charge is -2.35. The highest BCUT2D eigenvalue weighted by Gasteiger charge is 2.37. The molecule has 0 aliphatic heterocycles. The van der Waals surface area contributed by atoms with Gasteiger partial charge in [0.1, 0.15) is 5.75 Å². The summed E-state index contributed by atoms with van der Waals surface area (Å²) < 4.78 is 11.5. The van der Waals surface area contributed by atoms with Crippen LogP contribution in [0.25, 0.3) is 11.4 Å². The van der Waals surface area contributed by atoms with Crippen LogP contribution in [0.3, 0.4) is 0 Å². The van der Waals surface area contributed by atoms with Crippen LogP contribution in [0.5, 0.6) is 11.6 Å². The van der Waals surface area contributed by atoms with E-state index in [1.54, 1.807) is 6.20 Å². The van der Waals surface area contributed by atoms with E-state index in [0.29, 0.717) is 28.9 Å². The molecule has 1 aliphatic carbocycles. The Bertz CT molecular complexity index is 876. The molecule has 0 radical (unpaired) electrons. The predicted molar refractivity (Wildman–Crippen MR) is 97.8 cm³/mol. The average molecular weight is 350 g/mol. The molecule has 1 aromatic carbocycles. The maximum atomic E-state index is 6.47. The van der Waals surface area contributed by atoms with Crippen molar-refractivity contribution in [2.24, 2.45) is 5.73 Å². The maximum absolute atomic E-state index is 6.47. The Morgan fingerprint density at radius 2 is 2.00 bits per heavy atom. The van der Waals surface area contributed by atoms with Gasteiger partial charge in [-0.3, -0.25) is 0 Å². The third kappa shape index (κ3) is 3.32. The third-order valence-corrected chi connectivity index (χ3v) is 4.96. The molecule has 0 saturated heterocycles. The Balaban J connectivity index is 1.64. The Morgan fingerprint density at radius 1 is 1.15 bits per heavy atom. The minimum absolute atomic E-state index is 0.0765. The molecule has 2 atom stereocenters. The fraction of sp³-hybridized carbons (Fsp3) is 0.350. The summed E-state index contributed by atoms with van der Waals surface area (Å²) in [5, 5.41) is 4.17. The Kier molecular flexibility index (Phi) is 4.42. The van der Waals surface area contributed by atoms with Crippen molar-refractivity contribution in [2.45, 2.75) is 44.1 Å². The van der Waals surface area contributed by atoms with Crippen LogP contribution < -0.4 is 10.5 Å². The molecule has 6 heteroatoms. The van der Waals surface area contributed by atoms with Crippen LogP contribution in [0.1, 0.15) is 44.4 Å². The zero-order chi connectivity index (χ0) is 18.0. The molecule has 1 aliphatic rings. The van der Waals surface area contributed by atoms with Gasteiger partial charge in [0.2, 0.25) is 17.6 Å². The minimum atomic E-state index is -0.319. The van der Waals surface area contributed by atoms with Gasteiger partial charge >= 0.3 is 0 Å². The number of benzene rings is 1. The van der Waals surface area contributed by atoms with E-state index in [1.807, 2.05) is 42.5 Å². The minimum Gasteiger partial charge on any atom is -0.438 e. The average Bonchev–Trinajstić information content (AvgIpc) is 3.12. The van der Waals surface area contributed by atoms with E-state index in [9.17, 15) is 0 Å². The molecule has 134 valence electrons. The van der Waals surface area contributed by atoms with Crippen molar-refractivity contribution in [1.82, 2.24) is 15.1 Å². The molecule has 1 saturated carbocycles. The lowest BCUT2D eigenvalue weighted by molar-refractivity contribution is 0.223. The summed E-state index contributed by atoms with van der Waals surface area (Å²) in [6.45, 7) is 2.06. The smallest absolute Gasteiger partial charge is 0.231 e. The Labute approximate surface area is 152 Å². The van der Waals surface area contributed by atoms with Crippen molar-refractivity contribution in [3.63, 3.8) is 0 Å². The number of ether oxygens (including phenoxy) is 1. The number of nitrogens with zero attached hydrogens (tertiary/aromatic N) is 3. The Morgan fingerprint density at radius 3 is 2.81 bits per heavy atom. The molecule has 2 N–H and O–H groups in total. The standard InChI is InChI=1S/C20H22N4O2/c1-20(21)12-6-5-11-16(20)19-23-17(24-26-19)15-10-7-13-22-18(15)25-14-8-3-2-4-9-14/h2-4,7-10,13,16H,5-6,11-12,21H2,1H3. The highest BCUT2D eigenvalue weighted by atomic mass is 16.5. The lowest BCUT2D eigenvalue weighted by atomic mass is 9.74. The summed E-state index contributed by atoms with van der Waals surface area (Å²) in [4.78, 5) is 8.96. The molecule has 2 unspecified atom stereocenters. The van der Waals surface area contributed by atoms with Crippen LogP contribution in [0.2, 0.25) is 0 Å². The molecule has 0 bridgehead atoms. The van der Waals surface area contributed by atoms with E-state index in [2.05, 4.69) is 22.0 Å². The van der Waals surface area contributed by atoms with Crippen molar-refractivity contribution in [3.05, 3.63) is 54.6 Å². The molecule has 26 heavy (non-hydrogen) atoms. The van der Waals surface area contributed by atoms with E-state index < -0.39 is 0 Å². The van der Waals surface area contributed by atoms with E-state index >= 15 is 0 Å². The van der Waals surface area contributed by atoms with E-state index in [-0.39, 0.29) is 11.5 Å². The molecule has 2 aromatic heterocycles. The highest BCUT2D eigenvalue weighted by Crippen LogP contribution is 2.39. The number of pyridine rings is 1. The molecule has 4 rings (SSSR count). The monoisotopic (exact) mass is 350 g/mol. The third-order valence-electron chi connectivity index (χ3n) is 4.96. The first-order valence-corrected chi connectivity index (χ1v) is 8.94. The second kappa shape index (κ2) is 6.88. The van der Waals surface area contributed by atoms with Crippen LogP contribution >= 0.6 is 0 Å². The summed E-state index contributed by atoms with van der Waals surface area (Å²) in [6, 6.07) is 13.2. The van der Waals surface area contributed by atoms with Gasteiger partial charge in [-0.05, 0) is 44.0 Å². The van der Waals surface area contributed by atoms with Crippen molar-refractivity contribution >= 4 is 0 Å². The predicted octanol–water partition coefficient (Wildman–Crippen LogP) is 4.30. The summed E-state index contributed by atoms with van der Waals surface area (Å²) >= 11 is 0. The van der Waals surface area contributed by atoms with Gasteiger partial charge in [-0.25, -0.2) is 4.98 Å². The van der Waals surface area contributed by atoms with Gasteiger partial charge in [-0.1, -0.05) is 36.2 Å². The van der Waals surface area contributed by atoms with Crippen molar-refractivity contribution in [1.29, 1.82) is 0 Å². The van der Waals surface area contributed by atoms with Gasteiger partial charge in [-0.15, -0.1) is 0 Å². The highest BCUT2D eigenvalue weighted by molar-refractivity contribution is 5.61. The lowest BCUT2D eigenvalue weighted by Crippen LogP contribution is -2.44. The molecule has 1 fully saturated rings. The van der Waals surface area contributed by atoms with Gasteiger partial charge in [0.05, 0.1) is 11.5 Å². The first-order chi connectivity index (χ1) is 12.6. The maximum Gasteiger partial charge on any atom is 0.231 e. The molecular formula is C20H22N4O2. The van der Waals surface area contributed by atoms with Gasteiger partial charge in [0.15, 0.2) is 0 Å². The summed E-state index contributed by atoms with van der Waals surface area (Å²) in [6.07, 6.45) is 5.88. The summed E-state index contributed by atoms with van der Waals surface area (Å²) in [5.74, 6) is 2.30. The van der Waals surface area contributed by atoms with Crippen LogP contribution in [0.4, 0.5) is 0 Å². The van der Waals surface area contributed by atoms with Gasteiger partial charge in [-0.2, -0.15) is 4.98 Å². The second-order valence-corrected chi connectivity index (χ2v) is 7.03. The van der Waals surface area contributed by atoms with Crippen molar-refractivity contribution in [3.8, 4) is 23.0 Å². The summed E-state index contributed by atoms with van der Waals surface area (Å²) in [7, 11) is 0. The van der Waals surface area contributed by atoms with E-state index in [1.165, 1.54) is 0 Å². The first-order valence-electron chi connectivity index (χ1n) is 8.94. The fourth-order valence-electron chi connectivity index (χ4n) is 3.49. The van der Waals surface area contributed by atoms with E-state index in [0.717, 1.165) is 25.7 Å². The van der Waals surface area contributed by atoms with Gasteiger partial charge in [0.25, 0.3) is 0 Å². The number of para-hydroxylation sites is 1. The molecule has 0 amide bonds. The van der Waals surface area contributed by atoms with Gasteiger partial charge in [0, 0.05) is 11.7 Å². The number of aromatic nitrogens is 3. The van der Waals surface area contributed by atoms with Crippen LogP contribution in [-0.4, -0.2) is 20.7 Å². The molecule has 2 heterocycles. The molecular weight excluding hydrogens is 328 g/mol. The van der Waals surface area contributed by atoms with Crippen LogP contribution in [-0.2, 0) is 0 Å². The first kappa shape index (κ1) is 16.7.